The second kappa shape index (κ2) is 3.61. The van der Waals surface area contributed by atoms with Crippen molar-refractivity contribution < 1.29 is 4.43 Å². The molecule has 0 aromatic rings. The van der Waals surface area contributed by atoms with Crippen LogP contribution >= 0.6 is 0 Å². The molecule has 0 radical (unpaired) electrons. The van der Waals surface area contributed by atoms with Crippen molar-refractivity contribution in [2.75, 3.05) is 0 Å². The van der Waals surface area contributed by atoms with Crippen LogP contribution in [0.25, 0.3) is 0 Å². The van der Waals surface area contributed by atoms with Crippen LogP contribution in [-0.2, 0) is 4.43 Å². The zero-order valence-electron chi connectivity index (χ0n) is 7.27. The van der Waals surface area contributed by atoms with Crippen LogP contribution in [0.3, 0.4) is 0 Å². The van der Waals surface area contributed by atoms with Crippen molar-refractivity contribution in [3.8, 4) is 0 Å². The number of rotatable bonds is 3. The van der Waals surface area contributed by atoms with Crippen LogP contribution in [0, 0.1) is 0 Å². The van der Waals surface area contributed by atoms with E-state index in [0.717, 1.165) is 5.76 Å². The van der Waals surface area contributed by atoms with Gasteiger partial charge in [-0.15, -0.1) is 0 Å². The molecule has 0 aliphatic rings. The van der Waals surface area contributed by atoms with E-state index in [9.17, 15) is 0 Å². The molecular formula is C8H16OSi. The van der Waals surface area contributed by atoms with Crippen molar-refractivity contribution in [3.63, 3.8) is 0 Å². The summed E-state index contributed by atoms with van der Waals surface area (Å²) >= 11 is 0. The van der Waals surface area contributed by atoms with Gasteiger partial charge in [0.25, 0.3) is 0 Å². The Kier molecular flexibility index (Phi) is 3.43. The molecule has 1 nitrogen and oxygen atoms in total. The Morgan fingerprint density at radius 3 is 2.20 bits per heavy atom. The molecule has 0 fully saturated rings. The molecule has 2 heteroatoms. The van der Waals surface area contributed by atoms with Gasteiger partial charge in [-0.1, -0.05) is 12.7 Å². The third-order valence-corrected chi connectivity index (χ3v) is 1.75. The lowest BCUT2D eigenvalue weighted by molar-refractivity contribution is 0.424. The fourth-order valence-electron chi connectivity index (χ4n) is 0.683. The highest BCUT2D eigenvalue weighted by molar-refractivity contribution is 6.70. The van der Waals surface area contributed by atoms with Crippen LogP contribution in [0.5, 0.6) is 0 Å². The van der Waals surface area contributed by atoms with E-state index in [-0.39, 0.29) is 0 Å². The summed E-state index contributed by atoms with van der Waals surface area (Å²) in [5.74, 6) is 0.967. The second-order valence-electron chi connectivity index (χ2n) is 3.23. The van der Waals surface area contributed by atoms with E-state index in [1.807, 2.05) is 13.0 Å². The molecule has 0 spiro atoms. The predicted molar refractivity (Wildman–Crippen MR) is 48.4 cm³/mol. The van der Waals surface area contributed by atoms with Gasteiger partial charge in [-0.3, -0.25) is 0 Å². The van der Waals surface area contributed by atoms with Crippen LogP contribution in [0.4, 0.5) is 0 Å². The summed E-state index contributed by atoms with van der Waals surface area (Å²) < 4.78 is 5.61. The lowest BCUT2D eigenvalue weighted by Gasteiger charge is -2.18. The molecule has 0 saturated heterocycles. The van der Waals surface area contributed by atoms with Crippen LogP contribution in [0.1, 0.15) is 6.92 Å². The highest BCUT2D eigenvalue weighted by Gasteiger charge is 2.14. The fourth-order valence-corrected chi connectivity index (χ4v) is 1.72. The Balaban J connectivity index is 3.91. The molecular weight excluding hydrogens is 140 g/mol. The van der Waals surface area contributed by atoms with Crippen LogP contribution < -0.4 is 0 Å². The first-order valence-corrected chi connectivity index (χ1v) is 6.85. The standard InChI is InChI=1S/C8H16OSi/c1-6-7-8(2)9-10(3,4)5/h6-7H,1H2,2-5H3/b8-7+. The third-order valence-electron chi connectivity index (χ3n) is 0.820. The average molecular weight is 156 g/mol. The first-order valence-electron chi connectivity index (χ1n) is 3.44. The minimum Gasteiger partial charge on any atom is -0.548 e. The minimum absolute atomic E-state index is 0.967. The molecule has 0 heterocycles. The lowest BCUT2D eigenvalue weighted by atomic mass is 10.5. The van der Waals surface area contributed by atoms with Crippen molar-refractivity contribution in [2.45, 2.75) is 26.6 Å². The highest BCUT2D eigenvalue weighted by Crippen LogP contribution is 2.08. The molecule has 0 N–H and O–H groups in total. The van der Waals surface area contributed by atoms with Gasteiger partial charge in [-0.2, -0.15) is 0 Å². The minimum atomic E-state index is -1.37. The fraction of sp³-hybridized carbons (Fsp3) is 0.500. The van der Waals surface area contributed by atoms with E-state index < -0.39 is 8.32 Å². The summed E-state index contributed by atoms with van der Waals surface area (Å²) in [6.07, 6.45) is 3.63. The Morgan fingerprint density at radius 1 is 1.40 bits per heavy atom. The smallest absolute Gasteiger partial charge is 0.241 e. The maximum atomic E-state index is 5.61. The summed E-state index contributed by atoms with van der Waals surface area (Å²) in [5, 5.41) is 0. The molecule has 0 amide bonds. The summed E-state index contributed by atoms with van der Waals surface area (Å²) in [6, 6.07) is 0. The Labute approximate surface area is 64.5 Å². The Hall–Kier alpha value is -0.503. The summed E-state index contributed by atoms with van der Waals surface area (Å²) in [6.45, 7) is 12.0. The third kappa shape index (κ3) is 5.63. The molecule has 0 unspecified atom stereocenters. The van der Waals surface area contributed by atoms with Gasteiger partial charge in [-0.05, 0) is 32.6 Å². The molecule has 58 valence electrons. The van der Waals surface area contributed by atoms with Gasteiger partial charge in [0.05, 0.1) is 5.76 Å². The van der Waals surface area contributed by atoms with Crippen LogP contribution in [0.15, 0.2) is 24.5 Å². The van der Waals surface area contributed by atoms with Gasteiger partial charge >= 0.3 is 0 Å². The molecule has 0 saturated carbocycles. The van der Waals surface area contributed by atoms with Crippen molar-refractivity contribution in [1.29, 1.82) is 0 Å². The molecule has 0 aromatic heterocycles. The van der Waals surface area contributed by atoms with Gasteiger partial charge in [0.15, 0.2) is 0 Å². The average Bonchev–Trinajstić information content (AvgIpc) is 1.59. The Bertz CT molecular complexity index is 142. The van der Waals surface area contributed by atoms with E-state index in [2.05, 4.69) is 26.2 Å². The predicted octanol–water partition coefficient (Wildman–Crippen LogP) is 2.93. The highest BCUT2D eigenvalue weighted by atomic mass is 28.4. The van der Waals surface area contributed by atoms with Crippen molar-refractivity contribution >= 4 is 8.32 Å². The van der Waals surface area contributed by atoms with Crippen LogP contribution in [0.2, 0.25) is 19.6 Å². The van der Waals surface area contributed by atoms with E-state index in [1.165, 1.54) is 0 Å². The van der Waals surface area contributed by atoms with E-state index in [0.29, 0.717) is 0 Å². The van der Waals surface area contributed by atoms with Crippen LogP contribution in [-0.4, -0.2) is 8.32 Å². The molecule has 0 bridgehead atoms. The zero-order valence-corrected chi connectivity index (χ0v) is 8.27. The van der Waals surface area contributed by atoms with Crippen molar-refractivity contribution in [1.82, 2.24) is 0 Å². The molecule has 0 atom stereocenters. The first-order chi connectivity index (χ1) is 4.45. The monoisotopic (exact) mass is 156 g/mol. The maximum Gasteiger partial charge on any atom is 0.241 e. The summed E-state index contributed by atoms with van der Waals surface area (Å²) in [4.78, 5) is 0. The molecule has 0 aliphatic carbocycles. The van der Waals surface area contributed by atoms with Gasteiger partial charge in [0, 0.05) is 0 Å². The quantitative estimate of drug-likeness (QED) is 0.347. The normalized spacial score (nSPS) is 13.0. The van der Waals surface area contributed by atoms with Gasteiger partial charge in [0.2, 0.25) is 8.32 Å². The number of allylic oxidation sites excluding steroid dienone is 3. The topological polar surface area (TPSA) is 9.23 Å². The summed E-state index contributed by atoms with van der Waals surface area (Å²) in [7, 11) is -1.37. The lowest BCUT2D eigenvalue weighted by Crippen LogP contribution is -2.23. The van der Waals surface area contributed by atoms with Crippen molar-refractivity contribution in [2.24, 2.45) is 0 Å². The molecule has 0 aliphatic heterocycles. The number of hydrogen-bond donors (Lipinski definition) is 0. The zero-order chi connectivity index (χ0) is 8.20. The largest absolute Gasteiger partial charge is 0.548 e. The van der Waals surface area contributed by atoms with Gasteiger partial charge in [0.1, 0.15) is 0 Å². The SMILES string of the molecule is C=C/C=C(\C)O[Si](C)(C)C. The van der Waals surface area contributed by atoms with E-state index in [1.54, 1.807) is 6.08 Å². The molecule has 0 rings (SSSR count). The van der Waals surface area contributed by atoms with E-state index in [4.69, 9.17) is 4.43 Å². The summed E-state index contributed by atoms with van der Waals surface area (Å²) in [5.41, 5.74) is 0. The van der Waals surface area contributed by atoms with Gasteiger partial charge in [-0.25, -0.2) is 0 Å². The van der Waals surface area contributed by atoms with Gasteiger partial charge < -0.3 is 4.43 Å². The molecule has 10 heavy (non-hydrogen) atoms. The number of hydrogen-bond acceptors (Lipinski definition) is 1. The second-order valence-corrected chi connectivity index (χ2v) is 7.66. The molecule has 0 aromatic carbocycles. The first kappa shape index (κ1) is 9.50. The maximum absolute atomic E-state index is 5.61. The van der Waals surface area contributed by atoms with Crippen molar-refractivity contribution in [3.05, 3.63) is 24.5 Å². The Morgan fingerprint density at radius 2 is 1.90 bits per heavy atom. The van der Waals surface area contributed by atoms with E-state index >= 15 is 0 Å².